The van der Waals surface area contributed by atoms with Crippen molar-refractivity contribution < 1.29 is 14.3 Å². The second-order valence-corrected chi connectivity index (χ2v) is 7.29. The highest BCUT2D eigenvalue weighted by Gasteiger charge is 2.32. The maximum Gasteiger partial charge on any atom is 0.339 e. The summed E-state index contributed by atoms with van der Waals surface area (Å²) >= 11 is 1.51. The smallest absolute Gasteiger partial charge is 0.339 e. The zero-order chi connectivity index (χ0) is 18.3. The number of nitrogens with zero attached hydrogens (tertiary/aromatic N) is 3. The van der Waals surface area contributed by atoms with Gasteiger partial charge in [0.25, 0.3) is 5.91 Å². The van der Waals surface area contributed by atoms with Gasteiger partial charge in [0, 0.05) is 22.5 Å². The Balaban J connectivity index is 1.64. The molecule has 1 atom stereocenters. The molecule has 3 aromatic rings. The lowest BCUT2D eigenvalue weighted by Gasteiger charge is -2.33. The number of carbonyl (C=O) groups is 2. The highest BCUT2D eigenvalue weighted by Crippen LogP contribution is 2.32. The fourth-order valence-corrected chi connectivity index (χ4v) is 4.43. The van der Waals surface area contributed by atoms with Gasteiger partial charge in [-0.25, -0.2) is 9.78 Å². The Morgan fingerprint density at radius 1 is 1.38 bits per heavy atom. The zero-order valence-electron chi connectivity index (χ0n) is 14.6. The molecule has 26 heavy (non-hydrogen) atoms. The van der Waals surface area contributed by atoms with Crippen LogP contribution in [0, 0.1) is 0 Å². The number of imidazole rings is 1. The van der Waals surface area contributed by atoms with Crippen LogP contribution in [0.2, 0.25) is 0 Å². The van der Waals surface area contributed by atoms with Crippen LogP contribution in [0.5, 0.6) is 0 Å². The number of fused-ring (bicyclic) bond motifs is 2. The molecular formula is C19H19N3O3S. The lowest BCUT2D eigenvalue weighted by Crippen LogP contribution is -2.42. The van der Waals surface area contributed by atoms with Crippen LogP contribution in [-0.2, 0) is 17.7 Å². The predicted molar refractivity (Wildman–Crippen MR) is 98.5 cm³/mol. The Morgan fingerprint density at radius 2 is 2.23 bits per heavy atom. The van der Waals surface area contributed by atoms with E-state index in [0.29, 0.717) is 30.8 Å². The van der Waals surface area contributed by atoms with E-state index in [1.165, 1.54) is 11.3 Å². The molecule has 6 nitrogen and oxygen atoms in total. The van der Waals surface area contributed by atoms with Crippen molar-refractivity contribution in [2.45, 2.75) is 32.9 Å². The first kappa shape index (κ1) is 16.8. The van der Waals surface area contributed by atoms with Crippen LogP contribution in [0.4, 0.5) is 0 Å². The summed E-state index contributed by atoms with van der Waals surface area (Å²) in [5, 5.41) is 1.84. The number of ether oxygens (including phenoxy) is 1. The summed E-state index contributed by atoms with van der Waals surface area (Å²) in [6.07, 6.45) is 4.12. The van der Waals surface area contributed by atoms with Gasteiger partial charge < -0.3 is 9.64 Å². The first-order valence-electron chi connectivity index (χ1n) is 8.59. The zero-order valence-corrected chi connectivity index (χ0v) is 15.5. The summed E-state index contributed by atoms with van der Waals surface area (Å²) in [7, 11) is 0. The number of esters is 1. The van der Waals surface area contributed by atoms with E-state index in [1.807, 2.05) is 46.0 Å². The van der Waals surface area contributed by atoms with E-state index in [0.717, 1.165) is 16.1 Å². The van der Waals surface area contributed by atoms with Crippen LogP contribution >= 0.6 is 11.3 Å². The summed E-state index contributed by atoms with van der Waals surface area (Å²) in [4.78, 5) is 32.5. The van der Waals surface area contributed by atoms with Crippen LogP contribution in [-0.4, -0.2) is 38.8 Å². The van der Waals surface area contributed by atoms with Crippen molar-refractivity contribution in [3.05, 3.63) is 57.7 Å². The standard InChI is InChI=1S/C19H19N3O3S/c1-3-25-19(24)14-11-26-16-10-22(12(2)8-13(14)16)18(23)15-9-20-17-6-4-5-7-21(15)17/h4-7,9,11-12H,3,8,10H2,1-2H3. The highest BCUT2D eigenvalue weighted by atomic mass is 32.1. The molecule has 3 aromatic heterocycles. The topological polar surface area (TPSA) is 63.9 Å². The third kappa shape index (κ3) is 2.68. The van der Waals surface area contributed by atoms with E-state index in [2.05, 4.69) is 4.98 Å². The third-order valence-corrected chi connectivity index (χ3v) is 5.73. The number of carbonyl (C=O) groups excluding carboxylic acids is 2. The molecule has 7 heteroatoms. The van der Waals surface area contributed by atoms with Crippen LogP contribution < -0.4 is 0 Å². The van der Waals surface area contributed by atoms with Gasteiger partial charge in [0.15, 0.2) is 0 Å². The van der Waals surface area contributed by atoms with Crippen molar-refractivity contribution in [1.82, 2.24) is 14.3 Å². The monoisotopic (exact) mass is 369 g/mol. The van der Waals surface area contributed by atoms with Gasteiger partial charge in [-0.15, -0.1) is 11.3 Å². The van der Waals surface area contributed by atoms with Gasteiger partial charge in [-0.05, 0) is 38.0 Å². The van der Waals surface area contributed by atoms with Crippen LogP contribution in [0.3, 0.4) is 0 Å². The second-order valence-electron chi connectivity index (χ2n) is 6.33. The molecule has 0 spiro atoms. The van der Waals surface area contributed by atoms with Crippen LogP contribution in [0.15, 0.2) is 36.0 Å². The van der Waals surface area contributed by atoms with Crippen molar-refractivity contribution in [2.75, 3.05) is 6.61 Å². The summed E-state index contributed by atoms with van der Waals surface area (Å²) in [6, 6.07) is 5.65. The molecular weight excluding hydrogens is 350 g/mol. The molecule has 0 saturated carbocycles. The summed E-state index contributed by atoms with van der Waals surface area (Å²) < 4.78 is 6.95. The van der Waals surface area contributed by atoms with Crippen molar-refractivity contribution in [3.8, 4) is 0 Å². The van der Waals surface area contributed by atoms with E-state index in [1.54, 1.807) is 13.1 Å². The minimum atomic E-state index is -0.279. The summed E-state index contributed by atoms with van der Waals surface area (Å²) in [5.74, 6) is -0.327. The van der Waals surface area contributed by atoms with Gasteiger partial charge in [-0.2, -0.15) is 0 Å². The van der Waals surface area contributed by atoms with Gasteiger partial charge in [0.1, 0.15) is 11.3 Å². The minimum Gasteiger partial charge on any atom is -0.462 e. The van der Waals surface area contributed by atoms with E-state index >= 15 is 0 Å². The SMILES string of the molecule is CCOC(=O)c1csc2c1CC(C)N(C(=O)c1cnc3ccccn13)C2. The predicted octanol–water partition coefficient (Wildman–Crippen LogP) is 3.16. The number of rotatable bonds is 3. The molecule has 134 valence electrons. The molecule has 0 radical (unpaired) electrons. The molecule has 4 heterocycles. The molecule has 0 aliphatic carbocycles. The van der Waals surface area contributed by atoms with Crippen molar-refractivity contribution >= 4 is 28.9 Å². The molecule has 1 unspecified atom stereocenters. The lowest BCUT2D eigenvalue weighted by molar-refractivity contribution is 0.0524. The Bertz CT molecular complexity index is 991. The number of aromatic nitrogens is 2. The Kier molecular flexibility index (Phi) is 4.24. The van der Waals surface area contributed by atoms with Crippen LogP contribution in [0.1, 0.15) is 45.1 Å². The van der Waals surface area contributed by atoms with Crippen molar-refractivity contribution in [2.24, 2.45) is 0 Å². The molecule has 0 aromatic carbocycles. The van der Waals surface area contributed by atoms with Gasteiger partial charge >= 0.3 is 5.97 Å². The Hall–Kier alpha value is -2.67. The quantitative estimate of drug-likeness (QED) is 0.665. The Labute approximate surface area is 155 Å². The summed E-state index contributed by atoms with van der Waals surface area (Å²) in [6.45, 7) is 4.67. The molecule has 1 amide bonds. The molecule has 1 aliphatic heterocycles. The molecule has 0 bridgehead atoms. The number of thiophene rings is 1. The number of hydrogen-bond acceptors (Lipinski definition) is 5. The number of hydrogen-bond donors (Lipinski definition) is 0. The van der Waals surface area contributed by atoms with Crippen molar-refractivity contribution in [3.63, 3.8) is 0 Å². The molecule has 4 rings (SSSR count). The highest BCUT2D eigenvalue weighted by molar-refractivity contribution is 7.10. The second kappa shape index (κ2) is 6.57. The van der Waals surface area contributed by atoms with Gasteiger partial charge in [0.2, 0.25) is 0 Å². The normalized spacial score (nSPS) is 16.5. The van der Waals surface area contributed by atoms with E-state index in [4.69, 9.17) is 4.74 Å². The first-order valence-corrected chi connectivity index (χ1v) is 9.47. The van der Waals surface area contributed by atoms with Crippen molar-refractivity contribution in [1.29, 1.82) is 0 Å². The average Bonchev–Trinajstić information content (AvgIpc) is 3.24. The largest absolute Gasteiger partial charge is 0.462 e. The number of pyridine rings is 1. The van der Waals surface area contributed by atoms with Gasteiger partial charge in [-0.1, -0.05) is 6.07 Å². The first-order chi connectivity index (χ1) is 12.6. The maximum atomic E-state index is 13.1. The molecule has 0 fully saturated rings. The van der Waals surface area contributed by atoms with Gasteiger partial charge in [-0.3, -0.25) is 9.20 Å². The van der Waals surface area contributed by atoms with E-state index in [9.17, 15) is 9.59 Å². The average molecular weight is 369 g/mol. The minimum absolute atomic E-state index is 0.00737. The van der Waals surface area contributed by atoms with E-state index < -0.39 is 0 Å². The van der Waals surface area contributed by atoms with Crippen LogP contribution in [0.25, 0.3) is 5.65 Å². The fraction of sp³-hybridized carbons (Fsp3) is 0.316. The third-order valence-electron chi connectivity index (χ3n) is 4.72. The van der Waals surface area contributed by atoms with Gasteiger partial charge in [0.05, 0.1) is 24.9 Å². The maximum absolute atomic E-state index is 13.1. The van der Waals surface area contributed by atoms with E-state index in [-0.39, 0.29) is 17.9 Å². The lowest BCUT2D eigenvalue weighted by atomic mass is 9.97. The number of amides is 1. The fourth-order valence-electron chi connectivity index (χ4n) is 3.39. The Morgan fingerprint density at radius 3 is 3.04 bits per heavy atom. The molecule has 0 N–H and O–H groups in total. The molecule has 0 saturated heterocycles. The summed E-state index contributed by atoms with van der Waals surface area (Å²) in [5.41, 5.74) is 2.96. The molecule has 1 aliphatic rings.